The Morgan fingerprint density at radius 2 is 0.944 bits per heavy atom. The summed E-state index contributed by atoms with van der Waals surface area (Å²) in [6.45, 7) is 0. The van der Waals surface area contributed by atoms with Gasteiger partial charge in [0.15, 0.2) is 10.3 Å². The van der Waals surface area contributed by atoms with E-state index in [2.05, 4.69) is 79.1 Å². The van der Waals surface area contributed by atoms with E-state index in [0.29, 0.717) is 22.4 Å². The summed E-state index contributed by atoms with van der Waals surface area (Å²) in [5.41, 5.74) is 6.13. The molecule has 0 radical (unpaired) electrons. The topological polar surface area (TPSA) is 81.4 Å². The number of fused-ring (bicyclic) bond motifs is 2. The first-order valence-electron chi connectivity index (χ1n) is 12.8. The Morgan fingerprint density at radius 1 is 0.556 bits per heavy atom. The number of aromatic nitrogens is 4. The van der Waals surface area contributed by atoms with E-state index >= 15 is 0 Å². The van der Waals surface area contributed by atoms with Crippen LogP contribution in [0, 0.1) is 11.8 Å². The summed E-state index contributed by atoms with van der Waals surface area (Å²) >= 11 is 13.0. The molecule has 0 bridgehead atoms. The van der Waals surface area contributed by atoms with E-state index in [1.807, 2.05) is 0 Å². The number of imidazole rings is 2. The van der Waals surface area contributed by atoms with Gasteiger partial charge in [-0.2, -0.15) is 0 Å². The van der Waals surface area contributed by atoms with Crippen LogP contribution in [-0.4, -0.2) is 32.0 Å². The van der Waals surface area contributed by atoms with Crippen LogP contribution in [0.5, 0.6) is 0 Å². The molecule has 8 rings (SSSR count). The number of hydrogen-bond acceptors (Lipinski definition) is 4. The molecule has 2 saturated heterocycles. The first-order valence-corrected chi connectivity index (χ1v) is 13.6. The molecule has 0 amide bonds. The van der Waals surface area contributed by atoms with Crippen LogP contribution in [0.1, 0.15) is 49.4 Å². The molecule has 2 saturated carbocycles. The molecule has 8 heteroatoms. The standard InChI is InChI=1S/C28H26Cl2N6/c29-25-23(33-27(35-25)21-11-17-9-19(17)31-21)15-5-1-13(2-6-15)14-3-7-16(8-4-14)24-26(30)36-28(34-24)22-12-18-10-20(18)32-22/h1-8,17-22,31-32H,9-12H2,(H,33,35)(H,34,36)/t17-,18-,19-,20-,21+,22+/m1/s1. The minimum atomic E-state index is 0.289. The summed E-state index contributed by atoms with van der Waals surface area (Å²) in [4.78, 5) is 16.1. The number of piperidine rings is 2. The molecule has 6 atom stereocenters. The molecular weight excluding hydrogens is 491 g/mol. The van der Waals surface area contributed by atoms with Crippen LogP contribution in [0.4, 0.5) is 0 Å². The van der Waals surface area contributed by atoms with Gasteiger partial charge in [-0.25, -0.2) is 9.97 Å². The van der Waals surface area contributed by atoms with Crippen molar-refractivity contribution in [2.24, 2.45) is 11.8 Å². The van der Waals surface area contributed by atoms with E-state index in [4.69, 9.17) is 23.2 Å². The SMILES string of the molecule is Clc1nc([C@@H]2C[C@H]3C[C@H]3N2)[nH]c1-c1ccc(-c2ccc(-c3[nH]c([C@@H]4C[C@H]5C[C@H]5N4)nc3Cl)cc2)cc1. The average Bonchev–Trinajstić information content (AvgIpc) is 3.51. The van der Waals surface area contributed by atoms with Crippen LogP contribution in [0.3, 0.4) is 0 Å². The minimum Gasteiger partial charge on any atom is -0.339 e. The lowest BCUT2D eigenvalue weighted by Crippen LogP contribution is -2.18. The van der Waals surface area contributed by atoms with Gasteiger partial charge in [0.2, 0.25) is 0 Å². The Labute approximate surface area is 219 Å². The predicted molar refractivity (Wildman–Crippen MR) is 142 cm³/mol. The van der Waals surface area contributed by atoms with E-state index < -0.39 is 0 Å². The summed E-state index contributed by atoms with van der Waals surface area (Å²) in [5.74, 6) is 3.52. The fourth-order valence-electron chi connectivity index (χ4n) is 6.17. The van der Waals surface area contributed by atoms with Crippen LogP contribution in [0.15, 0.2) is 48.5 Å². The molecule has 36 heavy (non-hydrogen) atoms. The second-order valence-corrected chi connectivity index (χ2v) is 11.6. The summed E-state index contributed by atoms with van der Waals surface area (Å²) < 4.78 is 0. The van der Waals surface area contributed by atoms with Crippen molar-refractivity contribution in [3.05, 3.63) is 70.5 Å². The number of hydrogen-bond donors (Lipinski definition) is 4. The first kappa shape index (κ1) is 21.4. The number of nitrogens with one attached hydrogen (secondary N) is 4. The molecule has 4 heterocycles. The zero-order valence-corrected chi connectivity index (χ0v) is 21.1. The molecule has 4 aromatic rings. The van der Waals surface area contributed by atoms with Crippen molar-refractivity contribution in [1.82, 2.24) is 30.6 Å². The van der Waals surface area contributed by atoms with Gasteiger partial charge in [-0.15, -0.1) is 0 Å². The van der Waals surface area contributed by atoms with Gasteiger partial charge in [0, 0.05) is 23.2 Å². The maximum absolute atomic E-state index is 6.51. The van der Waals surface area contributed by atoms with Crippen molar-refractivity contribution in [3.63, 3.8) is 0 Å². The zero-order valence-electron chi connectivity index (χ0n) is 19.6. The summed E-state index contributed by atoms with van der Waals surface area (Å²) in [7, 11) is 0. The van der Waals surface area contributed by atoms with Crippen LogP contribution < -0.4 is 10.6 Å². The third-order valence-electron chi connectivity index (χ3n) is 8.45. The molecule has 2 aliphatic heterocycles. The maximum Gasteiger partial charge on any atom is 0.155 e. The third kappa shape index (κ3) is 3.62. The highest BCUT2D eigenvalue weighted by Crippen LogP contribution is 2.47. The monoisotopic (exact) mass is 516 g/mol. The minimum absolute atomic E-state index is 0.289. The molecule has 4 N–H and O–H groups in total. The fraction of sp³-hybridized carbons (Fsp3) is 0.357. The lowest BCUT2D eigenvalue weighted by atomic mass is 10.0. The molecule has 182 valence electrons. The second kappa shape index (κ2) is 7.93. The largest absolute Gasteiger partial charge is 0.339 e. The van der Waals surface area contributed by atoms with Gasteiger partial charge in [-0.05, 0) is 48.6 Å². The summed E-state index contributed by atoms with van der Waals surface area (Å²) in [5, 5.41) is 8.34. The Morgan fingerprint density at radius 3 is 1.31 bits per heavy atom. The zero-order chi connectivity index (χ0) is 24.0. The van der Waals surface area contributed by atoms with Crippen molar-refractivity contribution < 1.29 is 0 Å². The average molecular weight is 517 g/mol. The van der Waals surface area contributed by atoms with Gasteiger partial charge in [0.05, 0.1) is 23.5 Å². The number of aromatic amines is 2. The van der Waals surface area contributed by atoms with E-state index in [9.17, 15) is 0 Å². The number of benzene rings is 2. The van der Waals surface area contributed by atoms with Gasteiger partial charge in [-0.3, -0.25) is 0 Å². The van der Waals surface area contributed by atoms with E-state index in [1.165, 1.54) is 12.8 Å². The van der Waals surface area contributed by atoms with Crippen LogP contribution in [-0.2, 0) is 0 Å². The van der Waals surface area contributed by atoms with Crippen LogP contribution >= 0.6 is 23.2 Å². The summed E-state index contributed by atoms with van der Waals surface area (Å²) in [6.07, 6.45) is 4.89. The molecule has 0 spiro atoms. The molecule has 6 nitrogen and oxygen atoms in total. The summed E-state index contributed by atoms with van der Waals surface area (Å²) in [6, 6.07) is 18.8. The van der Waals surface area contributed by atoms with Gasteiger partial charge >= 0.3 is 0 Å². The molecule has 2 aliphatic carbocycles. The van der Waals surface area contributed by atoms with Crippen LogP contribution in [0.25, 0.3) is 33.6 Å². The predicted octanol–water partition coefficient (Wildman–Crippen LogP) is 6.29. The number of H-pyrrole nitrogens is 2. The van der Waals surface area contributed by atoms with Crippen molar-refractivity contribution in [2.75, 3.05) is 0 Å². The molecule has 2 aromatic heterocycles. The highest BCUT2D eigenvalue weighted by Gasteiger charge is 2.47. The number of nitrogens with zero attached hydrogens (tertiary/aromatic N) is 2. The van der Waals surface area contributed by atoms with E-state index in [-0.39, 0.29) is 12.1 Å². The van der Waals surface area contributed by atoms with E-state index in [1.54, 1.807) is 0 Å². The first-order chi connectivity index (χ1) is 17.6. The third-order valence-corrected chi connectivity index (χ3v) is 9.00. The smallest absolute Gasteiger partial charge is 0.155 e. The lowest BCUT2D eigenvalue weighted by Gasteiger charge is -2.09. The highest BCUT2D eigenvalue weighted by molar-refractivity contribution is 6.32. The van der Waals surface area contributed by atoms with Crippen molar-refractivity contribution in [3.8, 4) is 33.6 Å². The van der Waals surface area contributed by atoms with Gasteiger partial charge in [0.1, 0.15) is 11.6 Å². The lowest BCUT2D eigenvalue weighted by molar-refractivity contribution is 0.543. The molecule has 2 aromatic carbocycles. The van der Waals surface area contributed by atoms with Gasteiger partial charge in [-0.1, -0.05) is 71.7 Å². The molecule has 0 unspecified atom stereocenters. The molecule has 4 fully saturated rings. The normalized spacial score (nSPS) is 29.8. The quantitative estimate of drug-likeness (QED) is 0.251. The Bertz CT molecular complexity index is 1320. The molecular formula is C28H26Cl2N6. The van der Waals surface area contributed by atoms with Crippen molar-refractivity contribution in [2.45, 2.75) is 49.9 Å². The Kier molecular flexibility index (Phi) is 4.72. The Balaban J connectivity index is 1.00. The molecule has 4 aliphatic rings. The van der Waals surface area contributed by atoms with Crippen molar-refractivity contribution in [1.29, 1.82) is 0 Å². The highest BCUT2D eigenvalue weighted by atomic mass is 35.5. The van der Waals surface area contributed by atoms with Crippen molar-refractivity contribution >= 4 is 23.2 Å². The fourth-order valence-corrected chi connectivity index (χ4v) is 6.67. The van der Waals surface area contributed by atoms with Gasteiger partial charge < -0.3 is 20.6 Å². The number of rotatable bonds is 5. The maximum atomic E-state index is 6.51. The number of halogens is 2. The Hall–Kier alpha value is -2.64. The van der Waals surface area contributed by atoms with E-state index in [0.717, 1.165) is 70.0 Å². The van der Waals surface area contributed by atoms with Crippen LogP contribution in [0.2, 0.25) is 10.3 Å². The van der Waals surface area contributed by atoms with Gasteiger partial charge in [0.25, 0.3) is 0 Å². The second-order valence-electron chi connectivity index (χ2n) is 10.8.